The number of fused-ring (bicyclic) bond motifs is 5. The average Bonchev–Trinajstić information content (AvgIpc) is 3.43. The van der Waals surface area contributed by atoms with Gasteiger partial charge in [0.1, 0.15) is 6.10 Å². The molecule has 0 aromatic rings. The van der Waals surface area contributed by atoms with Gasteiger partial charge in [0, 0.05) is 12.8 Å². The minimum Gasteiger partial charge on any atom is -0.430 e. The second kappa shape index (κ2) is 20.6. The molecule has 0 spiro atoms. The highest BCUT2D eigenvalue weighted by Gasteiger charge is 2.59. The van der Waals surface area contributed by atoms with Crippen molar-refractivity contribution in [2.45, 2.75) is 208 Å². The lowest BCUT2D eigenvalue weighted by atomic mass is 9.47. The van der Waals surface area contributed by atoms with Gasteiger partial charge < -0.3 is 9.47 Å². The fourth-order valence-electron chi connectivity index (χ4n) is 11.4. The molecule has 0 heterocycles. The first kappa shape index (κ1) is 41.2. The van der Waals surface area contributed by atoms with E-state index in [4.69, 9.17) is 9.47 Å². The molecule has 50 heavy (non-hydrogen) atoms. The molecule has 0 amide bonds. The number of ether oxygens (including phenoxy) is 2. The van der Waals surface area contributed by atoms with Crippen LogP contribution in [0.3, 0.4) is 0 Å². The van der Waals surface area contributed by atoms with Crippen molar-refractivity contribution in [3.8, 4) is 0 Å². The van der Waals surface area contributed by atoms with Crippen LogP contribution in [0.2, 0.25) is 0 Å². The number of esters is 1. The molecule has 0 saturated heterocycles. The minimum atomic E-state index is -0.793. The van der Waals surface area contributed by atoms with Crippen molar-refractivity contribution in [3.05, 3.63) is 23.8 Å². The molecule has 0 N–H and O–H groups in total. The lowest BCUT2D eigenvalue weighted by molar-refractivity contribution is -0.141. The third-order valence-electron chi connectivity index (χ3n) is 14.4. The summed E-state index contributed by atoms with van der Waals surface area (Å²) in [5.74, 6) is 4.49. The fraction of sp³-hybridized carbons (Fsp3) is 0.870. The van der Waals surface area contributed by atoms with Crippen LogP contribution in [0.25, 0.3) is 0 Å². The smallest absolute Gasteiger partial charge is 0.430 e. The topological polar surface area (TPSA) is 52.6 Å². The SMILES string of the molecule is CCCCCCCC/C=C\CCCCCCCC(=O)OC(=O)OC1CC[C@@]2(C)C(=CC[C@H]3[C@@H]4CC[C@H]([C@H](C)CCCC(C)C)[C@@]4(C)CC[C@@H]32)C1. The molecule has 4 aliphatic rings. The van der Waals surface area contributed by atoms with Crippen molar-refractivity contribution in [2.24, 2.45) is 46.3 Å². The number of hydrogen-bond donors (Lipinski definition) is 0. The summed E-state index contributed by atoms with van der Waals surface area (Å²) in [5, 5.41) is 0. The first-order valence-corrected chi connectivity index (χ1v) is 21.8. The normalized spacial score (nSPS) is 31.2. The van der Waals surface area contributed by atoms with Crippen LogP contribution < -0.4 is 0 Å². The van der Waals surface area contributed by atoms with E-state index in [-0.39, 0.29) is 11.5 Å². The molecule has 286 valence electrons. The van der Waals surface area contributed by atoms with Crippen LogP contribution >= 0.6 is 0 Å². The van der Waals surface area contributed by atoms with Crippen molar-refractivity contribution in [3.63, 3.8) is 0 Å². The predicted octanol–water partition coefficient (Wildman–Crippen LogP) is 14.1. The third-order valence-corrected chi connectivity index (χ3v) is 14.4. The molecule has 8 atom stereocenters. The maximum atomic E-state index is 12.6. The van der Waals surface area contributed by atoms with Gasteiger partial charge in [0.15, 0.2) is 0 Å². The zero-order chi connectivity index (χ0) is 36.0. The summed E-state index contributed by atoms with van der Waals surface area (Å²) in [7, 11) is 0. The third kappa shape index (κ3) is 11.5. The second-order valence-corrected chi connectivity index (χ2v) is 18.3. The Bertz CT molecular complexity index is 1090. The Hall–Kier alpha value is -1.58. The molecular weight excluding hydrogens is 617 g/mol. The Kier molecular flexibility index (Phi) is 17.0. The number of hydrogen-bond acceptors (Lipinski definition) is 4. The molecule has 0 radical (unpaired) electrons. The van der Waals surface area contributed by atoms with Gasteiger partial charge in [-0.05, 0) is 123 Å². The van der Waals surface area contributed by atoms with Gasteiger partial charge in [-0.15, -0.1) is 0 Å². The van der Waals surface area contributed by atoms with Gasteiger partial charge in [-0.2, -0.15) is 0 Å². The Balaban J connectivity index is 1.11. The summed E-state index contributed by atoms with van der Waals surface area (Å²) >= 11 is 0. The number of rotatable bonds is 21. The number of unbranched alkanes of at least 4 members (excludes halogenated alkanes) is 11. The van der Waals surface area contributed by atoms with Crippen LogP contribution in [0.15, 0.2) is 23.8 Å². The van der Waals surface area contributed by atoms with Crippen LogP contribution in [-0.2, 0) is 14.3 Å². The van der Waals surface area contributed by atoms with E-state index >= 15 is 0 Å². The first-order valence-electron chi connectivity index (χ1n) is 21.8. The first-order chi connectivity index (χ1) is 24.1. The van der Waals surface area contributed by atoms with E-state index in [1.807, 2.05) is 0 Å². The highest BCUT2D eigenvalue weighted by Crippen LogP contribution is 2.67. The number of carbonyl (C=O) groups excluding carboxylic acids is 2. The highest BCUT2D eigenvalue weighted by molar-refractivity contribution is 5.81. The molecule has 4 heteroatoms. The molecule has 0 bridgehead atoms. The number of allylic oxidation sites excluding steroid dienone is 3. The van der Waals surface area contributed by atoms with E-state index < -0.39 is 12.1 Å². The van der Waals surface area contributed by atoms with E-state index in [9.17, 15) is 9.59 Å². The lowest BCUT2D eigenvalue weighted by Gasteiger charge is -2.58. The van der Waals surface area contributed by atoms with E-state index in [2.05, 4.69) is 59.8 Å². The Morgan fingerprint density at radius 2 is 1.48 bits per heavy atom. The van der Waals surface area contributed by atoms with Gasteiger partial charge in [-0.3, -0.25) is 4.79 Å². The van der Waals surface area contributed by atoms with E-state index in [1.54, 1.807) is 0 Å². The van der Waals surface area contributed by atoms with Crippen LogP contribution in [0, 0.1) is 46.3 Å². The summed E-state index contributed by atoms with van der Waals surface area (Å²) in [6.45, 7) is 14.7. The maximum absolute atomic E-state index is 12.6. The largest absolute Gasteiger partial charge is 0.516 e. The molecule has 4 rings (SSSR count). The molecule has 0 aromatic heterocycles. The van der Waals surface area contributed by atoms with Crippen LogP contribution in [0.1, 0.15) is 202 Å². The molecular formula is C46H78O4. The lowest BCUT2D eigenvalue weighted by Crippen LogP contribution is -2.51. The van der Waals surface area contributed by atoms with Crippen molar-refractivity contribution < 1.29 is 19.1 Å². The predicted molar refractivity (Wildman–Crippen MR) is 209 cm³/mol. The Morgan fingerprint density at radius 3 is 2.18 bits per heavy atom. The molecule has 0 aromatic carbocycles. The van der Waals surface area contributed by atoms with Gasteiger partial charge in [0.05, 0.1) is 0 Å². The minimum absolute atomic E-state index is 0.178. The Labute approximate surface area is 308 Å². The summed E-state index contributed by atoms with van der Waals surface area (Å²) in [6, 6.07) is 0. The van der Waals surface area contributed by atoms with Gasteiger partial charge in [0.2, 0.25) is 0 Å². The van der Waals surface area contributed by atoms with Gasteiger partial charge >= 0.3 is 12.1 Å². The van der Waals surface area contributed by atoms with E-state index in [0.717, 1.165) is 80.5 Å². The number of carbonyl (C=O) groups is 2. The zero-order valence-corrected chi connectivity index (χ0v) is 33.6. The van der Waals surface area contributed by atoms with Gasteiger partial charge in [-0.1, -0.05) is 136 Å². The van der Waals surface area contributed by atoms with Crippen molar-refractivity contribution in [2.75, 3.05) is 0 Å². The molecule has 1 unspecified atom stereocenters. The van der Waals surface area contributed by atoms with E-state index in [0.29, 0.717) is 11.8 Å². The monoisotopic (exact) mass is 695 g/mol. The van der Waals surface area contributed by atoms with Crippen molar-refractivity contribution in [1.82, 2.24) is 0 Å². The van der Waals surface area contributed by atoms with Gasteiger partial charge in [-0.25, -0.2) is 4.79 Å². The molecule has 3 fully saturated rings. The molecule has 4 nitrogen and oxygen atoms in total. The summed E-state index contributed by atoms with van der Waals surface area (Å²) in [6.07, 6.45) is 36.0. The highest BCUT2D eigenvalue weighted by atomic mass is 16.7. The quantitative estimate of drug-likeness (QED) is 0.0519. The standard InChI is InChI=1S/C46H78O4/c1-7-8-9-10-11-12-13-14-15-16-17-18-19-20-21-25-43(47)50-44(48)49-38-30-32-45(5)37(34-38)26-27-39-41-29-28-40(36(4)24-22-23-35(2)3)46(41,6)33-31-42(39)45/h14-15,26,35-36,38-42H,7-13,16-25,27-34H2,1-6H3/b15-14-/t36-,38?,39+,40-,41+,42+,45+,46-/m1/s1. The summed E-state index contributed by atoms with van der Waals surface area (Å²) in [5.41, 5.74) is 2.22. The zero-order valence-electron chi connectivity index (χ0n) is 33.6. The van der Waals surface area contributed by atoms with Crippen LogP contribution in [-0.4, -0.2) is 18.2 Å². The van der Waals surface area contributed by atoms with Gasteiger partial charge in [0.25, 0.3) is 0 Å². The van der Waals surface area contributed by atoms with Crippen LogP contribution in [0.5, 0.6) is 0 Å². The second-order valence-electron chi connectivity index (χ2n) is 18.3. The van der Waals surface area contributed by atoms with Crippen LogP contribution in [0.4, 0.5) is 4.79 Å². The van der Waals surface area contributed by atoms with E-state index in [1.165, 1.54) is 115 Å². The Morgan fingerprint density at radius 1 is 0.800 bits per heavy atom. The molecule has 0 aliphatic heterocycles. The fourth-order valence-corrected chi connectivity index (χ4v) is 11.4. The van der Waals surface area contributed by atoms with Crippen molar-refractivity contribution in [1.29, 1.82) is 0 Å². The maximum Gasteiger partial charge on any atom is 0.516 e. The summed E-state index contributed by atoms with van der Waals surface area (Å²) < 4.78 is 10.9. The average molecular weight is 695 g/mol. The molecule has 3 saturated carbocycles. The summed E-state index contributed by atoms with van der Waals surface area (Å²) in [4.78, 5) is 25.0. The molecule has 4 aliphatic carbocycles. The van der Waals surface area contributed by atoms with Crippen molar-refractivity contribution >= 4 is 12.1 Å².